The van der Waals surface area contributed by atoms with Crippen LogP contribution >= 0.6 is 0 Å². The minimum atomic E-state index is -0.964. The Balaban J connectivity index is 3.24. The number of benzene rings is 1. The molecule has 8 heteroatoms. The van der Waals surface area contributed by atoms with Gasteiger partial charge >= 0.3 is 6.09 Å². The van der Waals surface area contributed by atoms with Gasteiger partial charge in [0.05, 0.1) is 16.6 Å². The second-order valence-electron chi connectivity index (χ2n) is 6.87. The van der Waals surface area contributed by atoms with Gasteiger partial charge < -0.3 is 4.74 Å². The highest BCUT2D eigenvalue weighted by atomic mass is 19.1. The number of hydrogen-bond donors (Lipinski definition) is 0. The summed E-state index contributed by atoms with van der Waals surface area (Å²) in [6, 6.07) is 2.91. The van der Waals surface area contributed by atoms with Crippen LogP contribution in [0.5, 0.6) is 0 Å². The van der Waals surface area contributed by atoms with E-state index in [2.05, 4.69) is 0 Å². The number of rotatable bonds is 3. The highest BCUT2D eigenvalue weighted by molar-refractivity contribution is 5.86. The lowest BCUT2D eigenvalue weighted by atomic mass is 10.2. The molecule has 0 saturated carbocycles. The second kappa shape index (κ2) is 6.49. The molecule has 0 bridgehead atoms. The summed E-state index contributed by atoms with van der Waals surface area (Å²) in [6.07, 6.45) is -0.917. The number of nitrogens with zero attached hydrogens (tertiary/aromatic N) is 2. The zero-order valence-corrected chi connectivity index (χ0v) is 14.0. The van der Waals surface area contributed by atoms with E-state index in [1.165, 1.54) is 0 Å². The first-order chi connectivity index (χ1) is 10.3. The molecule has 0 radical (unpaired) electrons. The smallest absolute Gasteiger partial charge is 0.439 e. The monoisotopic (exact) mass is 328 g/mol. The molecule has 1 rings (SSSR count). The molecule has 128 valence electrons. The number of hydrogen-bond acceptors (Lipinski definition) is 5. The van der Waals surface area contributed by atoms with E-state index in [4.69, 9.17) is 9.57 Å². The van der Waals surface area contributed by atoms with Crippen molar-refractivity contribution in [1.29, 1.82) is 0 Å². The van der Waals surface area contributed by atoms with Gasteiger partial charge in [0, 0.05) is 6.07 Å². The van der Waals surface area contributed by atoms with E-state index in [1.54, 1.807) is 41.5 Å². The average molecular weight is 328 g/mol. The standard InChI is InChI=1S/C15H21FN2O5/c1-14(2,3)22-13(19)17(23-15(4,5)6)12-8-7-10(18(20)21)9-11(12)16/h7-9H,1-6H3. The van der Waals surface area contributed by atoms with E-state index in [0.29, 0.717) is 5.06 Å². The highest BCUT2D eigenvalue weighted by Crippen LogP contribution is 2.28. The number of carbonyl (C=O) groups is 1. The first-order valence-electron chi connectivity index (χ1n) is 6.96. The first kappa shape index (κ1) is 18.8. The SMILES string of the molecule is CC(C)(C)OC(=O)N(OC(C)(C)C)c1ccc([N+](=O)[O-])cc1F. The van der Waals surface area contributed by atoms with Crippen LogP contribution in [0, 0.1) is 15.9 Å². The summed E-state index contributed by atoms with van der Waals surface area (Å²) in [5.74, 6) is -0.964. The summed E-state index contributed by atoms with van der Waals surface area (Å²) in [5, 5.41) is 11.4. The van der Waals surface area contributed by atoms with Crippen LogP contribution in [-0.4, -0.2) is 22.2 Å². The van der Waals surface area contributed by atoms with E-state index < -0.39 is 33.7 Å². The van der Waals surface area contributed by atoms with Gasteiger partial charge in [-0.3, -0.25) is 15.0 Å². The van der Waals surface area contributed by atoms with Gasteiger partial charge in [-0.25, -0.2) is 9.18 Å². The molecular weight excluding hydrogens is 307 g/mol. The number of ether oxygens (including phenoxy) is 1. The Labute approximate surface area is 134 Å². The third kappa shape index (κ3) is 5.82. The summed E-state index contributed by atoms with van der Waals surface area (Å²) >= 11 is 0. The molecule has 0 aliphatic carbocycles. The predicted molar refractivity (Wildman–Crippen MR) is 82.6 cm³/mol. The second-order valence-corrected chi connectivity index (χ2v) is 6.87. The molecule has 1 amide bonds. The van der Waals surface area contributed by atoms with Gasteiger partial charge in [-0.15, -0.1) is 5.06 Å². The van der Waals surface area contributed by atoms with Crippen molar-refractivity contribution in [1.82, 2.24) is 0 Å². The van der Waals surface area contributed by atoms with Gasteiger partial charge in [0.25, 0.3) is 5.69 Å². The lowest BCUT2D eigenvalue weighted by Crippen LogP contribution is -2.42. The highest BCUT2D eigenvalue weighted by Gasteiger charge is 2.31. The molecule has 0 N–H and O–H groups in total. The zero-order chi connectivity index (χ0) is 18.0. The molecule has 7 nitrogen and oxygen atoms in total. The molecule has 23 heavy (non-hydrogen) atoms. The van der Waals surface area contributed by atoms with E-state index >= 15 is 0 Å². The van der Waals surface area contributed by atoms with Gasteiger partial charge in [0.2, 0.25) is 0 Å². The molecule has 0 aliphatic rings. The van der Waals surface area contributed by atoms with Gasteiger partial charge in [0.15, 0.2) is 5.82 Å². The van der Waals surface area contributed by atoms with Crippen molar-refractivity contribution < 1.29 is 23.7 Å². The third-order valence-corrected chi connectivity index (χ3v) is 2.29. The first-order valence-corrected chi connectivity index (χ1v) is 6.96. The molecule has 0 saturated heterocycles. The van der Waals surface area contributed by atoms with Crippen molar-refractivity contribution in [2.45, 2.75) is 52.7 Å². The maximum atomic E-state index is 14.2. The Morgan fingerprint density at radius 2 is 1.74 bits per heavy atom. The summed E-state index contributed by atoms with van der Waals surface area (Å²) in [6.45, 7) is 10.0. The van der Waals surface area contributed by atoms with E-state index in [0.717, 1.165) is 18.2 Å². The van der Waals surface area contributed by atoms with E-state index in [9.17, 15) is 19.3 Å². The van der Waals surface area contributed by atoms with Gasteiger partial charge in [-0.1, -0.05) is 0 Å². The van der Waals surface area contributed by atoms with Crippen molar-refractivity contribution in [3.8, 4) is 0 Å². The molecule has 1 aromatic rings. The third-order valence-electron chi connectivity index (χ3n) is 2.29. The van der Waals surface area contributed by atoms with Gasteiger partial charge in [-0.05, 0) is 47.6 Å². The van der Waals surface area contributed by atoms with Crippen molar-refractivity contribution in [2.75, 3.05) is 5.06 Å². The fraction of sp³-hybridized carbons (Fsp3) is 0.533. The Bertz CT molecular complexity index is 605. The number of non-ortho nitro benzene ring substituents is 1. The number of nitro benzene ring substituents is 1. The summed E-state index contributed by atoms with van der Waals surface area (Å²) in [5.41, 5.74) is -2.32. The van der Waals surface area contributed by atoms with Crippen molar-refractivity contribution >= 4 is 17.5 Å². The number of nitro groups is 1. The number of hydroxylamine groups is 1. The molecular formula is C15H21FN2O5. The number of carbonyl (C=O) groups excluding carboxylic acids is 1. The Morgan fingerprint density at radius 1 is 1.17 bits per heavy atom. The lowest BCUT2D eigenvalue weighted by molar-refractivity contribution is -0.385. The maximum absolute atomic E-state index is 14.2. The van der Waals surface area contributed by atoms with Crippen LogP contribution in [0.3, 0.4) is 0 Å². The quantitative estimate of drug-likeness (QED) is 0.613. The van der Waals surface area contributed by atoms with Crippen LogP contribution in [-0.2, 0) is 9.57 Å². The minimum absolute atomic E-state index is 0.264. The summed E-state index contributed by atoms with van der Waals surface area (Å²) < 4.78 is 19.4. The predicted octanol–water partition coefficient (Wildman–Crippen LogP) is 4.21. The molecule has 1 aromatic carbocycles. The fourth-order valence-electron chi connectivity index (χ4n) is 1.54. The molecule has 0 unspecified atom stereocenters. The molecule has 0 aromatic heterocycles. The van der Waals surface area contributed by atoms with Crippen LogP contribution in [0.4, 0.5) is 20.6 Å². The van der Waals surface area contributed by atoms with Crippen molar-refractivity contribution in [3.05, 3.63) is 34.1 Å². The topological polar surface area (TPSA) is 81.9 Å². The lowest BCUT2D eigenvalue weighted by Gasteiger charge is -2.31. The van der Waals surface area contributed by atoms with Crippen molar-refractivity contribution in [3.63, 3.8) is 0 Å². The number of anilines is 1. The van der Waals surface area contributed by atoms with Crippen LogP contribution in [0.15, 0.2) is 18.2 Å². The van der Waals surface area contributed by atoms with E-state index in [-0.39, 0.29) is 5.69 Å². The van der Waals surface area contributed by atoms with Crippen LogP contribution in [0.2, 0.25) is 0 Å². The normalized spacial score (nSPS) is 12.0. The van der Waals surface area contributed by atoms with E-state index in [1.807, 2.05) is 0 Å². The molecule has 0 heterocycles. The zero-order valence-electron chi connectivity index (χ0n) is 14.0. The Morgan fingerprint density at radius 3 is 2.13 bits per heavy atom. The van der Waals surface area contributed by atoms with Crippen LogP contribution in [0.25, 0.3) is 0 Å². The Kier molecular flexibility index (Phi) is 5.31. The molecule has 0 fully saturated rings. The molecule has 0 aliphatic heterocycles. The van der Waals surface area contributed by atoms with Gasteiger partial charge in [0.1, 0.15) is 11.3 Å². The minimum Gasteiger partial charge on any atom is -0.442 e. The van der Waals surface area contributed by atoms with Gasteiger partial charge in [-0.2, -0.15) is 0 Å². The van der Waals surface area contributed by atoms with Crippen molar-refractivity contribution in [2.24, 2.45) is 0 Å². The maximum Gasteiger partial charge on any atom is 0.439 e. The average Bonchev–Trinajstić information content (AvgIpc) is 2.32. The van der Waals surface area contributed by atoms with Crippen LogP contribution in [0.1, 0.15) is 41.5 Å². The molecule has 0 spiro atoms. The largest absolute Gasteiger partial charge is 0.442 e. The molecule has 0 atom stereocenters. The number of halogens is 1. The van der Waals surface area contributed by atoms with Crippen LogP contribution < -0.4 is 5.06 Å². The summed E-state index contributed by atoms with van der Waals surface area (Å²) in [4.78, 5) is 27.7. The summed E-state index contributed by atoms with van der Waals surface area (Å²) in [7, 11) is 0. The number of amides is 1. The Hall–Kier alpha value is -2.22. The fourth-order valence-corrected chi connectivity index (χ4v) is 1.54.